The summed E-state index contributed by atoms with van der Waals surface area (Å²) in [5.74, 6) is 0. The third kappa shape index (κ3) is 3.24. The fourth-order valence-corrected chi connectivity index (χ4v) is 6.92. The van der Waals surface area contributed by atoms with E-state index in [-0.39, 0.29) is 10.8 Å². The second kappa shape index (κ2) is 7.92. The second-order valence-electron chi connectivity index (χ2n) is 11.1. The van der Waals surface area contributed by atoms with Gasteiger partial charge >= 0.3 is 0 Å². The molecular formula is C34H36N+. The molecule has 1 heterocycles. The minimum absolute atomic E-state index is 0.00407. The molecule has 35 heavy (non-hydrogen) atoms. The van der Waals surface area contributed by atoms with Gasteiger partial charge in [0.1, 0.15) is 7.05 Å². The van der Waals surface area contributed by atoms with Gasteiger partial charge in [0.2, 0.25) is 5.69 Å². The van der Waals surface area contributed by atoms with E-state index in [0.29, 0.717) is 5.56 Å². The third-order valence-corrected chi connectivity index (χ3v) is 8.79. The van der Waals surface area contributed by atoms with Crippen molar-refractivity contribution in [1.82, 2.24) is 0 Å². The number of aromatic nitrogens is 1. The molecule has 0 bridgehead atoms. The summed E-state index contributed by atoms with van der Waals surface area (Å²) in [7, 11) is 1.95. The van der Waals surface area contributed by atoms with Gasteiger partial charge in [-0.1, -0.05) is 81.3 Å². The van der Waals surface area contributed by atoms with Gasteiger partial charge in [0.05, 0.1) is 0 Å². The van der Waals surface area contributed by atoms with E-state index in [1.807, 2.05) is 29.9 Å². The van der Waals surface area contributed by atoms with Gasteiger partial charge in [0.15, 0.2) is 6.20 Å². The van der Waals surface area contributed by atoms with E-state index in [4.69, 9.17) is 4.11 Å². The summed E-state index contributed by atoms with van der Waals surface area (Å²) >= 11 is 0. The lowest BCUT2D eigenvalue weighted by atomic mass is 9.57. The topological polar surface area (TPSA) is 3.88 Å². The molecule has 1 nitrogen and oxygen atoms in total. The smallest absolute Gasteiger partial charge is 0.201 e. The van der Waals surface area contributed by atoms with Gasteiger partial charge in [0.25, 0.3) is 0 Å². The molecule has 0 amide bonds. The van der Waals surface area contributed by atoms with E-state index in [0.717, 1.165) is 35.2 Å². The molecule has 3 aromatic carbocycles. The van der Waals surface area contributed by atoms with Gasteiger partial charge in [-0.2, -0.15) is 0 Å². The van der Waals surface area contributed by atoms with Crippen LogP contribution in [0.2, 0.25) is 0 Å². The van der Waals surface area contributed by atoms with Gasteiger partial charge in [0, 0.05) is 32.1 Å². The Balaban J connectivity index is 1.62. The number of fused-ring (bicyclic) bond motifs is 4. The molecule has 1 heteroatoms. The zero-order chi connectivity index (χ0) is 26.9. The number of aryl methyl sites for hydroxylation is 3. The van der Waals surface area contributed by atoms with Crippen molar-refractivity contribution in [3.63, 3.8) is 0 Å². The summed E-state index contributed by atoms with van der Waals surface area (Å²) in [6, 6.07) is 26.2. The quantitative estimate of drug-likeness (QED) is 0.267. The Bertz CT molecular complexity index is 1550. The average molecular weight is 462 g/mol. The minimum Gasteiger partial charge on any atom is -0.201 e. The van der Waals surface area contributed by atoms with E-state index in [2.05, 4.69) is 81.4 Å². The first-order chi connectivity index (χ1) is 18.0. The molecule has 0 N–H and O–H groups in total. The number of benzene rings is 3. The highest BCUT2D eigenvalue weighted by atomic mass is 14.9. The van der Waals surface area contributed by atoms with E-state index in [9.17, 15) is 0 Å². The van der Waals surface area contributed by atoms with Crippen LogP contribution in [0.1, 0.15) is 77.0 Å². The normalized spacial score (nSPS) is 18.9. The fraction of sp³-hybridized carbons (Fsp3) is 0.324. The van der Waals surface area contributed by atoms with Crippen LogP contribution in [0.15, 0.2) is 79.0 Å². The minimum atomic E-state index is -2.22. The van der Waals surface area contributed by atoms with Crippen LogP contribution in [0.25, 0.3) is 22.4 Å². The van der Waals surface area contributed by atoms with Crippen LogP contribution in [-0.2, 0) is 17.9 Å². The first-order valence-electron chi connectivity index (χ1n) is 14.4. The molecule has 2 aliphatic rings. The molecule has 1 saturated carbocycles. The van der Waals surface area contributed by atoms with E-state index >= 15 is 0 Å². The number of rotatable bonds is 2. The number of hydrogen-bond acceptors (Lipinski definition) is 0. The standard InChI is InChI=1S/C34H36N/c1-23-12-6-7-13-26(23)32-21-27(24(2)22-35(32)5)25-16-17-29-31(20-25)34(18-10-11-19-34)30-15-9-8-14-28(30)33(29,3)4/h6-9,12-17,20-22H,10-11,18-19H2,1-5H3/q+1/i2D3. The van der Waals surface area contributed by atoms with Crippen molar-refractivity contribution >= 4 is 0 Å². The first-order valence-corrected chi connectivity index (χ1v) is 12.9. The maximum absolute atomic E-state index is 8.41. The van der Waals surface area contributed by atoms with Gasteiger partial charge in [-0.25, -0.2) is 4.57 Å². The number of hydrogen-bond donors (Lipinski definition) is 0. The Morgan fingerprint density at radius 1 is 0.743 bits per heavy atom. The van der Waals surface area contributed by atoms with Crippen molar-refractivity contribution in [3.8, 4) is 22.4 Å². The molecule has 176 valence electrons. The summed E-state index contributed by atoms with van der Waals surface area (Å²) in [6.45, 7) is 4.55. The maximum Gasteiger partial charge on any atom is 0.213 e. The predicted octanol–water partition coefficient (Wildman–Crippen LogP) is 7.96. The molecule has 6 rings (SSSR count). The molecule has 0 radical (unpaired) electrons. The highest BCUT2D eigenvalue weighted by Crippen LogP contribution is 2.57. The maximum atomic E-state index is 8.41. The summed E-state index contributed by atoms with van der Waals surface area (Å²) in [4.78, 5) is 0. The molecule has 0 saturated heterocycles. The lowest BCUT2D eigenvalue weighted by molar-refractivity contribution is -0.660. The van der Waals surface area contributed by atoms with Crippen molar-refractivity contribution in [2.75, 3.05) is 0 Å². The third-order valence-electron chi connectivity index (χ3n) is 8.79. The van der Waals surface area contributed by atoms with Crippen molar-refractivity contribution in [1.29, 1.82) is 0 Å². The van der Waals surface area contributed by atoms with Gasteiger partial charge in [-0.3, -0.25) is 0 Å². The molecule has 1 fully saturated rings. The number of pyridine rings is 1. The first kappa shape index (κ1) is 19.1. The van der Waals surface area contributed by atoms with Crippen molar-refractivity contribution < 1.29 is 8.68 Å². The zero-order valence-electron chi connectivity index (χ0n) is 24.3. The van der Waals surface area contributed by atoms with Crippen LogP contribution in [-0.4, -0.2) is 0 Å². The lowest BCUT2D eigenvalue weighted by Gasteiger charge is -2.46. The van der Waals surface area contributed by atoms with Crippen LogP contribution >= 0.6 is 0 Å². The van der Waals surface area contributed by atoms with E-state index in [1.54, 1.807) is 0 Å². The summed E-state index contributed by atoms with van der Waals surface area (Å²) in [5, 5.41) is 0. The Labute approximate surface area is 214 Å². The monoisotopic (exact) mass is 461 g/mol. The Kier molecular flexibility index (Phi) is 4.31. The second-order valence-corrected chi connectivity index (χ2v) is 11.1. The molecule has 0 aliphatic heterocycles. The lowest BCUT2D eigenvalue weighted by Crippen LogP contribution is -2.38. The molecule has 1 aromatic heterocycles. The highest BCUT2D eigenvalue weighted by molar-refractivity contribution is 5.75. The van der Waals surface area contributed by atoms with Gasteiger partial charge < -0.3 is 0 Å². The molecule has 1 spiro atoms. The summed E-state index contributed by atoms with van der Waals surface area (Å²) in [5.41, 5.74) is 11.0. The van der Waals surface area contributed by atoms with E-state index in [1.165, 1.54) is 40.7 Å². The molecule has 4 aromatic rings. The molecule has 0 unspecified atom stereocenters. The largest absolute Gasteiger partial charge is 0.213 e. The fourth-order valence-electron chi connectivity index (χ4n) is 6.92. The predicted molar refractivity (Wildman–Crippen MR) is 146 cm³/mol. The van der Waals surface area contributed by atoms with Crippen molar-refractivity contribution in [2.45, 2.75) is 64.1 Å². The van der Waals surface area contributed by atoms with Crippen LogP contribution in [0.5, 0.6) is 0 Å². The van der Waals surface area contributed by atoms with Crippen LogP contribution in [0, 0.1) is 13.8 Å². The Morgan fingerprint density at radius 2 is 1.43 bits per heavy atom. The van der Waals surface area contributed by atoms with Gasteiger partial charge in [-0.05, 0) is 77.7 Å². The summed E-state index contributed by atoms with van der Waals surface area (Å²) in [6.07, 6.45) is 6.53. The molecular weight excluding hydrogens is 422 g/mol. The summed E-state index contributed by atoms with van der Waals surface area (Å²) < 4.78 is 27.2. The molecule has 0 atom stereocenters. The van der Waals surface area contributed by atoms with Crippen molar-refractivity contribution in [3.05, 3.63) is 112 Å². The SMILES string of the molecule is [2H]C([2H])([2H])c1c[n+](C)c(-c2ccccc2C)cc1-c1ccc2c(c1)C1(CCCC1)c1ccccc1C2(C)C. The number of nitrogens with zero attached hydrogens (tertiary/aromatic N) is 1. The van der Waals surface area contributed by atoms with Gasteiger partial charge in [-0.15, -0.1) is 0 Å². The zero-order valence-corrected chi connectivity index (χ0v) is 21.3. The Hall–Kier alpha value is -3.19. The average Bonchev–Trinajstić information content (AvgIpc) is 3.38. The van der Waals surface area contributed by atoms with E-state index < -0.39 is 6.85 Å². The molecule has 2 aliphatic carbocycles. The van der Waals surface area contributed by atoms with Crippen LogP contribution in [0.3, 0.4) is 0 Å². The van der Waals surface area contributed by atoms with Crippen molar-refractivity contribution in [2.24, 2.45) is 7.05 Å². The van der Waals surface area contributed by atoms with Crippen LogP contribution in [0.4, 0.5) is 0 Å². The Morgan fingerprint density at radius 3 is 2.17 bits per heavy atom. The highest BCUT2D eigenvalue weighted by Gasteiger charge is 2.47. The van der Waals surface area contributed by atoms with Crippen LogP contribution < -0.4 is 4.57 Å².